The van der Waals surface area contributed by atoms with Gasteiger partial charge in [-0.1, -0.05) is 11.4 Å². The molecule has 0 fully saturated rings. The molecule has 1 aromatic rings. The van der Waals surface area contributed by atoms with E-state index in [-0.39, 0.29) is 12.5 Å². The zero-order valence-electron chi connectivity index (χ0n) is 8.73. The van der Waals surface area contributed by atoms with Crippen molar-refractivity contribution in [3.8, 4) is 6.07 Å². The van der Waals surface area contributed by atoms with E-state index in [1.165, 1.54) is 4.90 Å². The summed E-state index contributed by atoms with van der Waals surface area (Å²) >= 11 is 1.09. The summed E-state index contributed by atoms with van der Waals surface area (Å²) in [5, 5.41) is 12.4. The summed E-state index contributed by atoms with van der Waals surface area (Å²) in [6, 6.07) is 1.97. The fraction of sp³-hybridized carbons (Fsp3) is 0.556. The van der Waals surface area contributed by atoms with Crippen molar-refractivity contribution in [3.63, 3.8) is 0 Å². The molecule has 0 saturated carbocycles. The maximum absolute atomic E-state index is 11.9. The summed E-state index contributed by atoms with van der Waals surface area (Å²) in [4.78, 5) is 13.9. The number of aromatic nitrogens is 2. The minimum atomic E-state index is -0.147. The Labute approximate surface area is 92.5 Å². The number of nitrogens with zero attached hydrogens (tertiary/aromatic N) is 4. The molecule has 5 nitrogen and oxygen atoms in total. The monoisotopic (exact) mass is 224 g/mol. The fourth-order valence-electron chi connectivity index (χ4n) is 1.16. The number of rotatable bonds is 4. The highest BCUT2D eigenvalue weighted by molar-refractivity contribution is 7.07. The Hall–Kier alpha value is -1.48. The number of carbonyl (C=O) groups is 1. The third kappa shape index (κ3) is 2.50. The van der Waals surface area contributed by atoms with Crippen LogP contribution in [0.25, 0.3) is 0 Å². The first kappa shape index (κ1) is 11.6. The summed E-state index contributed by atoms with van der Waals surface area (Å²) in [5.74, 6) is -0.147. The standard InChI is InChI=1S/C9H12N4OS/c1-3-7-8(15-12-11-7)9(14)13(4-2)6-5-10/h3-4,6H2,1-2H3. The van der Waals surface area contributed by atoms with Gasteiger partial charge >= 0.3 is 0 Å². The van der Waals surface area contributed by atoms with Crippen molar-refractivity contribution in [2.75, 3.05) is 13.1 Å². The topological polar surface area (TPSA) is 69.9 Å². The zero-order chi connectivity index (χ0) is 11.3. The Bertz CT molecular complexity index is 382. The van der Waals surface area contributed by atoms with Crippen LogP contribution in [0.1, 0.15) is 29.2 Å². The molecular formula is C9H12N4OS. The Morgan fingerprint density at radius 3 is 2.87 bits per heavy atom. The van der Waals surface area contributed by atoms with E-state index in [0.717, 1.165) is 11.5 Å². The fourth-order valence-corrected chi connectivity index (χ4v) is 1.88. The second-order valence-electron chi connectivity index (χ2n) is 2.88. The highest BCUT2D eigenvalue weighted by Crippen LogP contribution is 2.13. The van der Waals surface area contributed by atoms with Crippen LogP contribution < -0.4 is 0 Å². The number of amides is 1. The molecule has 0 spiro atoms. The van der Waals surface area contributed by atoms with Crippen LogP contribution in [0.5, 0.6) is 0 Å². The molecule has 0 aliphatic rings. The number of hydrogen-bond donors (Lipinski definition) is 0. The van der Waals surface area contributed by atoms with Gasteiger partial charge in [-0.15, -0.1) is 5.10 Å². The zero-order valence-corrected chi connectivity index (χ0v) is 9.54. The van der Waals surface area contributed by atoms with Crippen molar-refractivity contribution < 1.29 is 4.79 Å². The molecule has 1 rings (SSSR count). The maximum atomic E-state index is 11.9. The molecule has 80 valence electrons. The smallest absolute Gasteiger partial charge is 0.268 e. The van der Waals surface area contributed by atoms with Crippen molar-refractivity contribution in [1.29, 1.82) is 5.26 Å². The summed E-state index contributed by atoms with van der Waals surface area (Å²) < 4.78 is 3.75. The Balaban J connectivity index is 2.88. The Morgan fingerprint density at radius 2 is 2.33 bits per heavy atom. The molecule has 15 heavy (non-hydrogen) atoms. The third-order valence-corrected chi connectivity index (χ3v) is 2.77. The van der Waals surface area contributed by atoms with Crippen LogP contribution >= 0.6 is 11.5 Å². The van der Waals surface area contributed by atoms with E-state index < -0.39 is 0 Å². The number of nitriles is 1. The highest BCUT2D eigenvalue weighted by Gasteiger charge is 2.19. The quantitative estimate of drug-likeness (QED) is 0.718. The van der Waals surface area contributed by atoms with Crippen LogP contribution in [0.4, 0.5) is 0 Å². The van der Waals surface area contributed by atoms with E-state index in [4.69, 9.17) is 5.26 Å². The molecule has 1 amide bonds. The molecule has 0 aliphatic heterocycles. The lowest BCUT2D eigenvalue weighted by molar-refractivity contribution is 0.0787. The average Bonchev–Trinajstić information content (AvgIpc) is 2.72. The number of aryl methyl sites for hydroxylation is 1. The first-order valence-electron chi connectivity index (χ1n) is 4.72. The lowest BCUT2D eigenvalue weighted by Gasteiger charge is -2.15. The van der Waals surface area contributed by atoms with Gasteiger partial charge in [-0.3, -0.25) is 4.79 Å². The van der Waals surface area contributed by atoms with Gasteiger partial charge in [0, 0.05) is 6.54 Å². The lowest BCUT2D eigenvalue weighted by atomic mass is 10.2. The van der Waals surface area contributed by atoms with Crippen LogP contribution in [0.2, 0.25) is 0 Å². The lowest BCUT2D eigenvalue weighted by Crippen LogP contribution is -2.31. The van der Waals surface area contributed by atoms with Gasteiger partial charge in [0.2, 0.25) is 0 Å². The molecule has 0 bridgehead atoms. The number of hydrogen-bond acceptors (Lipinski definition) is 5. The van der Waals surface area contributed by atoms with Crippen molar-refractivity contribution in [1.82, 2.24) is 14.5 Å². The minimum absolute atomic E-state index is 0.108. The van der Waals surface area contributed by atoms with Crippen LogP contribution in [0, 0.1) is 11.3 Å². The van der Waals surface area contributed by atoms with E-state index in [9.17, 15) is 4.79 Å². The van der Waals surface area contributed by atoms with Crippen LogP contribution in [0.3, 0.4) is 0 Å². The number of carbonyl (C=O) groups excluding carboxylic acids is 1. The van der Waals surface area contributed by atoms with Gasteiger partial charge in [-0.2, -0.15) is 5.26 Å². The van der Waals surface area contributed by atoms with E-state index in [2.05, 4.69) is 9.59 Å². The van der Waals surface area contributed by atoms with E-state index >= 15 is 0 Å². The molecule has 0 aromatic carbocycles. The normalized spacial score (nSPS) is 9.67. The largest absolute Gasteiger partial charge is 0.325 e. The molecule has 0 saturated heterocycles. The Morgan fingerprint density at radius 1 is 1.60 bits per heavy atom. The highest BCUT2D eigenvalue weighted by atomic mass is 32.1. The van der Waals surface area contributed by atoms with Crippen molar-refractivity contribution in [2.24, 2.45) is 0 Å². The Kier molecular flexibility index (Phi) is 4.18. The van der Waals surface area contributed by atoms with Gasteiger partial charge in [-0.25, -0.2) is 0 Å². The molecule has 1 heterocycles. The van der Waals surface area contributed by atoms with Gasteiger partial charge < -0.3 is 4.90 Å². The maximum Gasteiger partial charge on any atom is 0.268 e. The van der Waals surface area contributed by atoms with E-state index in [0.29, 0.717) is 23.5 Å². The molecule has 1 aromatic heterocycles. The third-order valence-electron chi connectivity index (χ3n) is 2.02. The second kappa shape index (κ2) is 5.41. The molecule has 0 atom stereocenters. The SMILES string of the molecule is CCc1nnsc1C(=O)N(CC)CC#N. The molecule has 0 radical (unpaired) electrons. The summed E-state index contributed by atoms with van der Waals surface area (Å²) in [5.41, 5.74) is 0.710. The predicted octanol–water partition coefficient (Wildman–Crippen LogP) is 1.09. The average molecular weight is 224 g/mol. The first-order chi connectivity index (χ1) is 7.24. The van der Waals surface area contributed by atoms with Crippen LogP contribution in [0.15, 0.2) is 0 Å². The minimum Gasteiger partial charge on any atom is -0.325 e. The molecule has 0 aliphatic carbocycles. The molecule has 0 N–H and O–H groups in total. The molecule has 6 heteroatoms. The van der Waals surface area contributed by atoms with Gasteiger partial charge in [0.05, 0.1) is 11.8 Å². The van der Waals surface area contributed by atoms with Crippen LogP contribution in [-0.2, 0) is 6.42 Å². The van der Waals surface area contributed by atoms with Crippen molar-refractivity contribution >= 4 is 17.4 Å². The van der Waals surface area contributed by atoms with Gasteiger partial charge in [-0.05, 0) is 24.9 Å². The van der Waals surface area contributed by atoms with Gasteiger partial charge in [0.25, 0.3) is 5.91 Å². The molecular weight excluding hydrogens is 212 g/mol. The van der Waals surface area contributed by atoms with Gasteiger partial charge in [0.15, 0.2) is 0 Å². The first-order valence-corrected chi connectivity index (χ1v) is 5.49. The van der Waals surface area contributed by atoms with E-state index in [1.807, 2.05) is 19.9 Å². The van der Waals surface area contributed by atoms with Crippen LogP contribution in [-0.4, -0.2) is 33.5 Å². The molecule has 0 unspecified atom stereocenters. The van der Waals surface area contributed by atoms with Crippen molar-refractivity contribution in [3.05, 3.63) is 10.6 Å². The predicted molar refractivity (Wildman–Crippen MR) is 56.5 cm³/mol. The van der Waals surface area contributed by atoms with E-state index in [1.54, 1.807) is 0 Å². The summed E-state index contributed by atoms with van der Waals surface area (Å²) in [7, 11) is 0. The second-order valence-corrected chi connectivity index (χ2v) is 3.63. The summed E-state index contributed by atoms with van der Waals surface area (Å²) in [6.07, 6.45) is 0.682. The summed E-state index contributed by atoms with van der Waals surface area (Å²) in [6.45, 7) is 4.40. The van der Waals surface area contributed by atoms with Crippen molar-refractivity contribution in [2.45, 2.75) is 20.3 Å². The van der Waals surface area contributed by atoms with Gasteiger partial charge in [0.1, 0.15) is 11.4 Å².